The van der Waals surface area contributed by atoms with Gasteiger partial charge in [0.05, 0.1) is 0 Å². The van der Waals surface area contributed by atoms with Gasteiger partial charge in [0.1, 0.15) is 11.6 Å². The van der Waals surface area contributed by atoms with E-state index in [1.54, 1.807) is 0 Å². The van der Waals surface area contributed by atoms with Gasteiger partial charge < -0.3 is 14.9 Å². The summed E-state index contributed by atoms with van der Waals surface area (Å²) in [5.41, 5.74) is -0.161. The van der Waals surface area contributed by atoms with Crippen LogP contribution in [0.3, 0.4) is 0 Å². The lowest BCUT2D eigenvalue weighted by atomic mass is 10.2. The van der Waals surface area contributed by atoms with Crippen LogP contribution >= 0.6 is 0 Å². The number of amides is 1. The SMILES string of the molecule is O=C(NCc1ccc(F)cc1F)c1cc(C(=O)O)on1. The molecule has 104 valence electrons. The van der Waals surface area contributed by atoms with Gasteiger partial charge in [-0.2, -0.15) is 0 Å². The largest absolute Gasteiger partial charge is 0.475 e. The standard InChI is InChI=1S/C12H8F2N2O4/c13-7-2-1-6(8(14)3-7)5-15-11(17)9-4-10(12(18)19)20-16-9/h1-4H,5H2,(H,15,17)(H,18,19). The zero-order chi connectivity index (χ0) is 14.7. The molecule has 0 aliphatic rings. The molecule has 0 saturated carbocycles. The molecule has 1 heterocycles. The van der Waals surface area contributed by atoms with E-state index in [0.29, 0.717) is 6.07 Å². The summed E-state index contributed by atoms with van der Waals surface area (Å²) in [4.78, 5) is 22.2. The molecule has 0 fully saturated rings. The van der Waals surface area contributed by atoms with Crippen LogP contribution in [0.15, 0.2) is 28.8 Å². The quantitative estimate of drug-likeness (QED) is 0.888. The molecule has 1 aromatic heterocycles. The lowest BCUT2D eigenvalue weighted by molar-refractivity contribution is 0.0651. The average molecular weight is 282 g/mol. The van der Waals surface area contributed by atoms with Gasteiger partial charge in [0.2, 0.25) is 5.76 Å². The molecule has 2 N–H and O–H groups in total. The first-order valence-electron chi connectivity index (χ1n) is 5.39. The van der Waals surface area contributed by atoms with E-state index < -0.39 is 29.3 Å². The number of hydrogen-bond acceptors (Lipinski definition) is 4. The molecule has 0 aliphatic heterocycles. The Bertz CT molecular complexity index is 669. The molecule has 0 aliphatic carbocycles. The molecule has 1 amide bonds. The first kappa shape index (κ1) is 13.7. The molecule has 2 aromatic rings. The Morgan fingerprint density at radius 1 is 1.30 bits per heavy atom. The van der Waals surface area contributed by atoms with E-state index >= 15 is 0 Å². The van der Waals surface area contributed by atoms with Crippen LogP contribution in [0.25, 0.3) is 0 Å². The normalized spacial score (nSPS) is 10.3. The van der Waals surface area contributed by atoms with Gasteiger partial charge >= 0.3 is 5.97 Å². The van der Waals surface area contributed by atoms with E-state index in [1.807, 2.05) is 0 Å². The Balaban J connectivity index is 2.02. The van der Waals surface area contributed by atoms with Gasteiger partial charge in [-0.15, -0.1) is 0 Å². The Labute approximate surface area is 111 Å². The Morgan fingerprint density at radius 2 is 2.05 bits per heavy atom. The number of nitrogens with zero attached hydrogens (tertiary/aromatic N) is 1. The number of halogens is 2. The highest BCUT2D eigenvalue weighted by molar-refractivity contribution is 5.94. The zero-order valence-corrected chi connectivity index (χ0v) is 9.89. The second kappa shape index (κ2) is 5.47. The fraction of sp³-hybridized carbons (Fsp3) is 0.0833. The van der Waals surface area contributed by atoms with E-state index in [-0.39, 0.29) is 17.8 Å². The number of carboxylic acids is 1. The number of rotatable bonds is 4. The third kappa shape index (κ3) is 2.97. The van der Waals surface area contributed by atoms with Crippen molar-refractivity contribution >= 4 is 11.9 Å². The maximum Gasteiger partial charge on any atom is 0.374 e. The van der Waals surface area contributed by atoms with Gasteiger partial charge in [0.15, 0.2) is 5.69 Å². The number of hydrogen-bond donors (Lipinski definition) is 2. The van der Waals surface area contributed by atoms with Crippen molar-refractivity contribution in [2.24, 2.45) is 0 Å². The highest BCUT2D eigenvalue weighted by Gasteiger charge is 2.16. The van der Waals surface area contributed by atoms with Crippen molar-refractivity contribution in [2.75, 3.05) is 0 Å². The predicted molar refractivity (Wildman–Crippen MR) is 61.0 cm³/mol. The number of carbonyl (C=O) groups is 2. The van der Waals surface area contributed by atoms with Crippen LogP contribution in [0.1, 0.15) is 26.6 Å². The summed E-state index contributed by atoms with van der Waals surface area (Å²) in [7, 11) is 0. The van der Waals surface area contributed by atoms with E-state index in [0.717, 1.165) is 12.1 Å². The van der Waals surface area contributed by atoms with Gasteiger partial charge in [-0.25, -0.2) is 13.6 Å². The van der Waals surface area contributed by atoms with E-state index in [1.165, 1.54) is 6.07 Å². The summed E-state index contributed by atoms with van der Waals surface area (Å²) in [5, 5.41) is 14.2. The number of aromatic carboxylic acids is 1. The summed E-state index contributed by atoms with van der Waals surface area (Å²) >= 11 is 0. The smallest absolute Gasteiger partial charge is 0.374 e. The average Bonchev–Trinajstić information content (AvgIpc) is 2.87. The van der Waals surface area contributed by atoms with Gasteiger partial charge in [-0.05, 0) is 6.07 Å². The molecule has 6 nitrogen and oxygen atoms in total. The Hall–Kier alpha value is -2.77. The molecular formula is C12H8F2N2O4. The molecule has 0 atom stereocenters. The highest BCUT2D eigenvalue weighted by Crippen LogP contribution is 2.10. The fourth-order valence-electron chi connectivity index (χ4n) is 1.41. The van der Waals surface area contributed by atoms with Crippen LogP contribution < -0.4 is 5.32 Å². The first-order valence-corrected chi connectivity index (χ1v) is 5.39. The van der Waals surface area contributed by atoms with E-state index in [2.05, 4.69) is 15.0 Å². The number of benzene rings is 1. The second-order valence-electron chi connectivity index (χ2n) is 3.80. The van der Waals surface area contributed by atoms with Crippen molar-refractivity contribution in [1.82, 2.24) is 10.5 Å². The Kier molecular flexibility index (Phi) is 3.74. The maximum absolute atomic E-state index is 13.3. The Morgan fingerprint density at radius 3 is 2.65 bits per heavy atom. The molecule has 1 aromatic carbocycles. The topological polar surface area (TPSA) is 92.4 Å². The summed E-state index contributed by atoms with van der Waals surface area (Å²) in [6, 6.07) is 3.89. The lowest BCUT2D eigenvalue weighted by Crippen LogP contribution is -2.23. The summed E-state index contributed by atoms with van der Waals surface area (Å²) < 4.78 is 30.4. The van der Waals surface area contributed by atoms with Crippen molar-refractivity contribution in [3.05, 3.63) is 52.9 Å². The highest BCUT2D eigenvalue weighted by atomic mass is 19.1. The number of carbonyl (C=O) groups excluding carboxylic acids is 1. The minimum absolute atomic E-state index is 0.0849. The molecule has 0 saturated heterocycles. The van der Waals surface area contributed by atoms with Crippen molar-refractivity contribution in [1.29, 1.82) is 0 Å². The molecule has 0 radical (unpaired) electrons. The number of nitrogens with one attached hydrogen (secondary N) is 1. The minimum Gasteiger partial charge on any atom is -0.475 e. The van der Waals surface area contributed by atoms with Gasteiger partial charge in [-0.1, -0.05) is 11.2 Å². The zero-order valence-electron chi connectivity index (χ0n) is 9.89. The molecule has 8 heteroatoms. The fourth-order valence-corrected chi connectivity index (χ4v) is 1.41. The minimum atomic E-state index is -1.36. The van der Waals surface area contributed by atoms with Crippen molar-refractivity contribution < 1.29 is 28.0 Å². The van der Waals surface area contributed by atoms with Crippen molar-refractivity contribution in [3.63, 3.8) is 0 Å². The van der Waals surface area contributed by atoms with Crippen LogP contribution in [0.2, 0.25) is 0 Å². The molecular weight excluding hydrogens is 274 g/mol. The summed E-state index contributed by atoms with van der Waals surface area (Å²) in [6.07, 6.45) is 0. The van der Waals surface area contributed by atoms with Gasteiger partial charge in [-0.3, -0.25) is 4.79 Å². The lowest BCUT2D eigenvalue weighted by Gasteiger charge is -2.04. The summed E-state index contributed by atoms with van der Waals surface area (Å²) in [5.74, 6) is -4.09. The van der Waals surface area contributed by atoms with Crippen LogP contribution in [0, 0.1) is 11.6 Å². The molecule has 0 bridgehead atoms. The van der Waals surface area contributed by atoms with Crippen LogP contribution in [0.5, 0.6) is 0 Å². The van der Waals surface area contributed by atoms with Crippen molar-refractivity contribution in [3.8, 4) is 0 Å². The van der Waals surface area contributed by atoms with Crippen LogP contribution in [-0.4, -0.2) is 22.1 Å². The third-order valence-corrected chi connectivity index (χ3v) is 2.41. The number of aromatic nitrogens is 1. The molecule has 0 spiro atoms. The first-order chi connectivity index (χ1) is 9.47. The monoisotopic (exact) mass is 282 g/mol. The van der Waals surface area contributed by atoms with Gasteiger partial charge in [0, 0.05) is 24.2 Å². The van der Waals surface area contributed by atoms with E-state index in [4.69, 9.17) is 5.11 Å². The summed E-state index contributed by atoms with van der Waals surface area (Å²) in [6.45, 7) is -0.194. The maximum atomic E-state index is 13.3. The molecule has 2 rings (SSSR count). The number of carboxylic acid groups (broad SMARTS) is 1. The van der Waals surface area contributed by atoms with Crippen molar-refractivity contribution in [2.45, 2.75) is 6.54 Å². The predicted octanol–water partition coefficient (Wildman–Crippen LogP) is 1.58. The van der Waals surface area contributed by atoms with Crippen LogP contribution in [0.4, 0.5) is 8.78 Å². The van der Waals surface area contributed by atoms with E-state index in [9.17, 15) is 18.4 Å². The third-order valence-electron chi connectivity index (χ3n) is 2.41. The van der Waals surface area contributed by atoms with Gasteiger partial charge in [0.25, 0.3) is 5.91 Å². The molecule has 0 unspecified atom stereocenters. The van der Waals surface area contributed by atoms with Crippen LogP contribution in [-0.2, 0) is 6.54 Å². The molecule has 20 heavy (non-hydrogen) atoms. The second-order valence-corrected chi connectivity index (χ2v) is 3.80.